The van der Waals surface area contributed by atoms with Crippen molar-refractivity contribution in [2.45, 2.75) is 6.54 Å². The topological polar surface area (TPSA) is 104 Å². The van der Waals surface area contributed by atoms with Crippen molar-refractivity contribution in [3.8, 4) is 6.07 Å². The number of hydrogen-bond donors (Lipinski definition) is 2. The smallest absolute Gasteiger partial charge is 0.270 e. The molecule has 0 radical (unpaired) electrons. The van der Waals surface area contributed by atoms with Gasteiger partial charge >= 0.3 is 0 Å². The molecule has 0 aliphatic heterocycles. The maximum atomic E-state index is 12.2. The molecule has 0 unspecified atom stereocenters. The van der Waals surface area contributed by atoms with E-state index in [1.54, 1.807) is 36.7 Å². The number of anilines is 2. The van der Waals surface area contributed by atoms with Gasteiger partial charge in [-0.1, -0.05) is 12.1 Å². The summed E-state index contributed by atoms with van der Waals surface area (Å²) in [6, 6.07) is 14.3. The Kier molecular flexibility index (Phi) is 4.93. The van der Waals surface area contributed by atoms with Gasteiger partial charge in [0, 0.05) is 25.1 Å². The van der Waals surface area contributed by atoms with Gasteiger partial charge in [0.2, 0.25) is 5.95 Å². The molecular weight excluding hydrogens is 316 g/mol. The molecule has 0 aliphatic carbocycles. The Morgan fingerprint density at radius 2 is 1.88 bits per heavy atom. The minimum atomic E-state index is -0.309. The molecule has 122 valence electrons. The summed E-state index contributed by atoms with van der Waals surface area (Å²) in [5.74, 6) is -0.0601. The first-order valence-electron chi connectivity index (χ1n) is 7.52. The van der Waals surface area contributed by atoms with Gasteiger partial charge in [0.15, 0.2) is 0 Å². The molecule has 0 saturated heterocycles. The van der Waals surface area contributed by atoms with Crippen molar-refractivity contribution in [2.75, 3.05) is 5.32 Å². The Bertz CT molecular complexity index is 920. The third-order valence-corrected chi connectivity index (χ3v) is 3.38. The molecule has 7 nitrogen and oxygen atoms in total. The third kappa shape index (κ3) is 4.14. The van der Waals surface area contributed by atoms with Crippen LogP contribution in [0.15, 0.2) is 61.1 Å². The predicted molar refractivity (Wildman–Crippen MR) is 91.9 cm³/mol. The van der Waals surface area contributed by atoms with Gasteiger partial charge in [0.05, 0.1) is 11.3 Å². The predicted octanol–water partition coefficient (Wildman–Crippen LogP) is 2.42. The second kappa shape index (κ2) is 7.66. The molecule has 0 atom stereocenters. The monoisotopic (exact) mass is 330 g/mol. The van der Waals surface area contributed by atoms with E-state index < -0.39 is 0 Å². The van der Waals surface area contributed by atoms with Gasteiger partial charge < -0.3 is 10.6 Å². The summed E-state index contributed by atoms with van der Waals surface area (Å²) in [7, 11) is 0. The molecule has 3 aromatic rings. The molecule has 2 heterocycles. The molecule has 3 rings (SSSR count). The van der Waals surface area contributed by atoms with E-state index in [1.165, 1.54) is 12.3 Å². The van der Waals surface area contributed by atoms with Gasteiger partial charge in [-0.3, -0.25) is 9.78 Å². The molecule has 0 fully saturated rings. The van der Waals surface area contributed by atoms with Crippen LogP contribution >= 0.6 is 0 Å². The average Bonchev–Trinajstić information content (AvgIpc) is 2.67. The van der Waals surface area contributed by atoms with Crippen molar-refractivity contribution in [1.29, 1.82) is 5.26 Å². The highest BCUT2D eigenvalue weighted by molar-refractivity contribution is 5.92. The standard InChI is InChI=1S/C18H14N6O/c19-11-14-3-1-2-4-15(14)23-18-21-10-7-16(24-18)17(25)22-12-13-5-8-20-9-6-13/h1-10H,12H2,(H,22,25)(H,21,23,24). The molecule has 1 aromatic carbocycles. The largest absolute Gasteiger partial charge is 0.347 e. The number of nitrogens with one attached hydrogen (secondary N) is 2. The van der Waals surface area contributed by atoms with Crippen LogP contribution in [-0.2, 0) is 6.54 Å². The summed E-state index contributed by atoms with van der Waals surface area (Å²) in [6.45, 7) is 0.380. The number of carbonyl (C=O) groups excluding carboxylic acids is 1. The number of aromatic nitrogens is 3. The normalized spacial score (nSPS) is 9.88. The minimum Gasteiger partial charge on any atom is -0.347 e. The molecule has 25 heavy (non-hydrogen) atoms. The van der Waals surface area contributed by atoms with Crippen LogP contribution in [0, 0.1) is 11.3 Å². The Morgan fingerprint density at radius 1 is 1.08 bits per heavy atom. The summed E-state index contributed by atoms with van der Waals surface area (Å²) in [4.78, 5) is 24.5. The van der Waals surface area contributed by atoms with Crippen molar-refractivity contribution in [3.05, 3.63) is 77.9 Å². The first-order chi connectivity index (χ1) is 12.3. The lowest BCUT2D eigenvalue weighted by atomic mass is 10.2. The quantitative estimate of drug-likeness (QED) is 0.744. The number of carbonyl (C=O) groups is 1. The fraction of sp³-hybridized carbons (Fsp3) is 0.0556. The van der Waals surface area contributed by atoms with Crippen LogP contribution < -0.4 is 10.6 Å². The molecule has 0 aliphatic rings. The van der Waals surface area contributed by atoms with Crippen molar-refractivity contribution in [3.63, 3.8) is 0 Å². The molecule has 2 aromatic heterocycles. The zero-order valence-corrected chi connectivity index (χ0v) is 13.2. The van der Waals surface area contributed by atoms with Crippen LogP contribution in [0.5, 0.6) is 0 Å². The summed E-state index contributed by atoms with van der Waals surface area (Å²) >= 11 is 0. The summed E-state index contributed by atoms with van der Waals surface area (Å²) < 4.78 is 0. The maximum Gasteiger partial charge on any atom is 0.270 e. The second-order valence-corrected chi connectivity index (χ2v) is 5.09. The number of nitrogens with zero attached hydrogens (tertiary/aromatic N) is 4. The Morgan fingerprint density at radius 3 is 2.68 bits per heavy atom. The van der Waals surface area contributed by atoms with Gasteiger partial charge in [-0.2, -0.15) is 5.26 Å². The number of benzene rings is 1. The molecule has 1 amide bonds. The molecule has 0 spiro atoms. The van der Waals surface area contributed by atoms with Gasteiger partial charge in [-0.15, -0.1) is 0 Å². The highest BCUT2D eigenvalue weighted by Gasteiger charge is 2.10. The van der Waals surface area contributed by atoms with Crippen molar-refractivity contribution in [2.24, 2.45) is 0 Å². The molecular formula is C18H14N6O. The number of pyridine rings is 1. The second-order valence-electron chi connectivity index (χ2n) is 5.09. The molecule has 2 N–H and O–H groups in total. The number of hydrogen-bond acceptors (Lipinski definition) is 6. The van der Waals surface area contributed by atoms with E-state index in [1.807, 2.05) is 12.1 Å². The number of rotatable bonds is 5. The lowest BCUT2D eigenvalue weighted by molar-refractivity contribution is 0.0946. The highest BCUT2D eigenvalue weighted by Crippen LogP contribution is 2.17. The van der Waals surface area contributed by atoms with Gasteiger partial charge in [-0.05, 0) is 35.9 Å². The van der Waals surface area contributed by atoms with E-state index in [9.17, 15) is 4.79 Å². The van der Waals surface area contributed by atoms with Crippen molar-refractivity contribution >= 4 is 17.5 Å². The van der Waals surface area contributed by atoms with E-state index in [4.69, 9.17) is 5.26 Å². The third-order valence-electron chi connectivity index (χ3n) is 3.38. The van der Waals surface area contributed by atoms with E-state index in [0.717, 1.165) is 5.56 Å². The van der Waals surface area contributed by atoms with E-state index in [0.29, 0.717) is 17.8 Å². The van der Waals surface area contributed by atoms with Gasteiger partial charge in [0.25, 0.3) is 5.91 Å². The van der Waals surface area contributed by atoms with Crippen LogP contribution in [0.3, 0.4) is 0 Å². The number of nitriles is 1. The number of amides is 1. The lowest BCUT2D eigenvalue weighted by Crippen LogP contribution is -2.24. The fourth-order valence-corrected chi connectivity index (χ4v) is 2.13. The van der Waals surface area contributed by atoms with Crippen molar-refractivity contribution in [1.82, 2.24) is 20.3 Å². The van der Waals surface area contributed by atoms with Crippen LogP contribution in [0.25, 0.3) is 0 Å². The Labute approximate surface area is 144 Å². The lowest BCUT2D eigenvalue weighted by Gasteiger charge is -2.08. The zero-order valence-electron chi connectivity index (χ0n) is 13.2. The molecule has 0 bridgehead atoms. The zero-order chi connectivity index (χ0) is 17.5. The maximum absolute atomic E-state index is 12.2. The first kappa shape index (κ1) is 16.1. The average molecular weight is 330 g/mol. The van der Waals surface area contributed by atoms with Crippen LogP contribution in [0.4, 0.5) is 11.6 Å². The van der Waals surface area contributed by atoms with Crippen LogP contribution in [0.1, 0.15) is 21.6 Å². The number of para-hydroxylation sites is 1. The summed E-state index contributed by atoms with van der Waals surface area (Å²) in [5.41, 5.74) is 2.23. The van der Waals surface area contributed by atoms with Crippen molar-refractivity contribution < 1.29 is 4.79 Å². The summed E-state index contributed by atoms with van der Waals surface area (Å²) in [5, 5.41) is 14.9. The SMILES string of the molecule is N#Cc1ccccc1Nc1nccc(C(=O)NCc2ccncc2)n1. The molecule has 7 heteroatoms. The fourth-order valence-electron chi connectivity index (χ4n) is 2.13. The van der Waals surface area contributed by atoms with Crippen LogP contribution in [-0.4, -0.2) is 20.9 Å². The van der Waals surface area contributed by atoms with Crippen LogP contribution in [0.2, 0.25) is 0 Å². The van der Waals surface area contributed by atoms with E-state index in [-0.39, 0.29) is 17.5 Å². The summed E-state index contributed by atoms with van der Waals surface area (Å²) in [6.07, 6.45) is 4.83. The Hall–Kier alpha value is -3.79. The van der Waals surface area contributed by atoms with E-state index in [2.05, 4.69) is 31.7 Å². The van der Waals surface area contributed by atoms with E-state index >= 15 is 0 Å². The van der Waals surface area contributed by atoms with Gasteiger partial charge in [-0.25, -0.2) is 9.97 Å². The Balaban J connectivity index is 1.71. The highest BCUT2D eigenvalue weighted by atomic mass is 16.1. The van der Waals surface area contributed by atoms with Gasteiger partial charge in [0.1, 0.15) is 11.8 Å². The minimum absolute atomic E-state index is 0.237. The first-order valence-corrected chi connectivity index (χ1v) is 7.52. The molecule has 0 saturated carbocycles.